The van der Waals surface area contributed by atoms with Crippen molar-refractivity contribution in [1.82, 2.24) is 20.1 Å². The van der Waals surface area contributed by atoms with Crippen molar-refractivity contribution in [3.63, 3.8) is 0 Å². The molecular weight excluding hydrogens is 244 g/mol. The molecule has 18 heavy (non-hydrogen) atoms. The van der Waals surface area contributed by atoms with Gasteiger partial charge in [-0.25, -0.2) is 0 Å². The quantitative estimate of drug-likeness (QED) is 0.322. The normalized spacial score (nSPS) is 12.3. The molecule has 0 saturated heterocycles. The Morgan fingerprint density at radius 3 is 2.67 bits per heavy atom. The van der Waals surface area contributed by atoms with E-state index in [1.807, 2.05) is 0 Å². The van der Waals surface area contributed by atoms with Crippen molar-refractivity contribution in [2.45, 2.75) is 19.4 Å². The van der Waals surface area contributed by atoms with Gasteiger partial charge in [-0.05, 0) is 18.8 Å². The number of nitrogens with zero attached hydrogens (tertiary/aromatic N) is 5. The number of nitro groups is 1. The predicted molar refractivity (Wildman–Crippen MR) is 59.3 cm³/mol. The molecule has 1 heterocycles. The van der Waals surface area contributed by atoms with Gasteiger partial charge >= 0.3 is 5.95 Å². The summed E-state index contributed by atoms with van der Waals surface area (Å²) in [6, 6.07) is 0. The van der Waals surface area contributed by atoms with Crippen LogP contribution in [0.2, 0.25) is 0 Å². The second-order valence-electron chi connectivity index (χ2n) is 3.83. The summed E-state index contributed by atoms with van der Waals surface area (Å²) in [7, 11) is 1.37. The Labute approximate surface area is 101 Å². The number of hydrogen-bond donors (Lipinski definition) is 2. The van der Waals surface area contributed by atoms with Crippen LogP contribution in [0.4, 0.5) is 5.95 Å². The lowest BCUT2D eigenvalue weighted by atomic mass is 9.98. The highest BCUT2D eigenvalue weighted by molar-refractivity contribution is 6.41. The van der Waals surface area contributed by atoms with Gasteiger partial charge in [0.1, 0.15) is 5.54 Å². The molecule has 2 N–H and O–H groups in total. The second-order valence-corrected chi connectivity index (χ2v) is 3.83. The Balaban J connectivity index is 3.18. The SMILES string of the molecule is CNC(=O)/C(=N/O)C(C)(C)n1cnc([N+](=O)[O-])n1. The summed E-state index contributed by atoms with van der Waals surface area (Å²) >= 11 is 0. The molecule has 0 aliphatic heterocycles. The van der Waals surface area contributed by atoms with Crippen LogP contribution in [0.5, 0.6) is 0 Å². The molecule has 98 valence electrons. The van der Waals surface area contributed by atoms with Crippen LogP contribution in [-0.2, 0) is 10.3 Å². The van der Waals surface area contributed by atoms with Crippen molar-refractivity contribution in [3.8, 4) is 0 Å². The van der Waals surface area contributed by atoms with Gasteiger partial charge in [-0.1, -0.05) is 10.1 Å². The lowest BCUT2D eigenvalue weighted by Gasteiger charge is -2.21. The molecule has 1 amide bonds. The second kappa shape index (κ2) is 4.77. The third-order valence-corrected chi connectivity index (χ3v) is 2.34. The van der Waals surface area contributed by atoms with Crippen LogP contribution in [0.1, 0.15) is 13.8 Å². The topological polar surface area (TPSA) is 136 Å². The maximum Gasteiger partial charge on any atom is 0.490 e. The van der Waals surface area contributed by atoms with Crippen molar-refractivity contribution < 1.29 is 14.9 Å². The molecule has 0 unspecified atom stereocenters. The van der Waals surface area contributed by atoms with Crippen molar-refractivity contribution in [1.29, 1.82) is 0 Å². The van der Waals surface area contributed by atoms with Crippen molar-refractivity contribution in [2.75, 3.05) is 7.05 Å². The Morgan fingerprint density at radius 1 is 1.67 bits per heavy atom. The van der Waals surface area contributed by atoms with E-state index in [0.29, 0.717) is 0 Å². The van der Waals surface area contributed by atoms with Crippen LogP contribution in [0.15, 0.2) is 11.5 Å². The minimum Gasteiger partial charge on any atom is -0.410 e. The Morgan fingerprint density at radius 2 is 2.28 bits per heavy atom. The van der Waals surface area contributed by atoms with Gasteiger partial charge in [-0.15, -0.1) is 0 Å². The third kappa shape index (κ3) is 2.26. The standard InChI is InChI=1S/C8H12N6O4/c1-8(2,5(12-16)6(15)9-3)13-4-10-7(11-13)14(17)18/h4,16H,1-3H3,(H,9,15)/b12-5-. The van der Waals surface area contributed by atoms with Gasteiger partial charge in [0.05, 0.1) is 0 Å². The molecule has 0 bridgehead atoms. The molecule has 0 aromatic carbocycles. The number of hydrogen-bond acceptors (Lipinski definition) is 7. The molecule has 1 rings (SSSR count). The van der Waals surface area contributed by atoms with E-state index in [4.69, 9.17) is 5.21 Å². The predicted octanol–water partition coefficient (Wildman–Crippen LogP) is -0.502. The number of aromatic nitrogens is 3. The molecule has 10 nitrogen and oxygen atoms in total. The van der Waals surface area contributed by atoms with E-state index in [9.17, 15) is 14.9 Å². The summed E-state index contributed by atoms with van der Waals surface area (Å²) in [5.41, 5.74) is -1.43. The molecule has 0 spiro atoms. The number of carbonyl (C=O) groups excluding carboxylic acids is 1. The molecule has 10 heteroatoms. The van der Waals surface area contributed by atoms with E-state index in [1.54, 1.807) is 0 Å². The highest BCUT2D eigenvalue weighted by Crippen LogP contribution is 2.17. The lowest BCUT2D eigenvalue weighted by molar-refractivity contribution is -0.394. The first-order valence-electron chi connectivity index (χ1n) is 4.85. The first-order chi connectivity index (χ1) is 8.34. The van der Waals surface area contributed by atoms with Crippen LogP contribution in [0, 0.1) is 10.1 Å². The number of oxime groups is 1. The fourth-order valence-electron chi connectivity index (χ4n) is 1.28. The number of amides is 1. The average Bonchev–Trinajstić information content (AvgIpc) is 2.79. The molecule has 0 aliphatic rings. The molecule has 0 aliphatic carbocycles. The van der Waals surface area contributed by atoms with Crippen molar-refractivity contribution in [2.24, 2.45) is 5.16 Å². The van der Waals surface area contributed by atoms with E-state index in [2.05, 4.69) is 20.6 Å². The van der Waals surface area contributed by atoms with Crippen LogP contribution >= 0.6 is 0 Å². The fraction of sp³-hybridized carbons (Fsp3) is 0.500. The van der Waals surface area contributed by atoms with Crippen molar-refractivity contribution in [3.05, 3.63) is 16.4 Å². The third-order valence-electron chi connectivity index (χ3n) is 2.34. The maximum atomic E-state index is 11.5. The summed E-state index contributed by atoms with van der Waals surface area (Å²) in [4.78, 5) is 24.7. The first kappa shape index (κ1) is 13.5. The largest absolute Gasteiger partial charge is 0.490 e. The van der Waals surface area contributed by atoms with Gasteiger partial charge in [0.2, 0.25) is 6.33 Å². The average molecular weight is 256 g/mol. The summed E-state index contributed by atoms with van der Waals surface area (Å²) < 4.78 is 1.08. The summed E-state index contributed by atoms with van der Waals surface area (Å²) in [6.07, 6.45) is 1.09. The van der Waals surface area contributed by atoms with Gasteiger partial charge in [0.25, 0.3) is 5.91 Å². The monoisotopic (exact) mass is 256 g/mol. The Kier molecular flexibility index (Phi) is 3.59. The highest BCUT2D eigenvalue weighted by Gasteiger charge is 2.37. The smallest absolute Gasteiger partial charge is 0.410 e. The Bertz CT molecular complexity index is 505. The number of rotatable bonds is 4. The van der Waals surface area contributed by atoms with Gasteiger partial charge in [0, 0.05) is 12.1 Å². The number of carbonyl (C=O) groups is 1. The van der Waals surface area contributed by atoms with Crippen molar-refractivity contribution >= 4 is 17.6 Å². The zero-order chi connectivity index (χ0) is 13.9. The van der Waals surface area contributed by atoms with E-state index < -0.39 is 22.3 Å². The van der Waals surface area contributed by atoms with E-state index in [0.717, 1.165) is 11.0 Å². The minimum atomic E-state index is -1.18. The zero-order valence-corrected chi connectivity index (χ0v) is 9.99. The molecule has 0 atom stereocenters. The van der Waals surface area contributed by atoms with Gasteiger partial charge in [-0.3, -0.25) is 4.79 Å². The Hall–Kier alpha value is -2.52. The van der Waals surface area contributed by atoms with E-state index >= 15 is 0 Å². The summed E-state index contributed by atoms with van der Waals surface area (Å²) in [5, 5.41) is 28.2. The van der Waals surface area contributed by atoms with Gasteiger partial charge < -0.3 is 20.6 Å². The zero-order valence-electron chi connectivity index (χ0n) is 9.99. The van der Waals surface area contributed by atoms with Gasteiger partial charge in [-0.2, -0.15) is 4.68 Å². The molecular formula is C8H12N6O4. The molecule has 0 fully saturated rings. The minimum absolute atomic E-state index is 0.246. The fourth-order valence-corrected chi connectivity index (χ4v) is 1.28. The van der Waals surface area contributed by atoms with Gasteiger partial charge in [0.15, 0.2) is 5.71 Å². The molecule has 1 aromatic heterocycles. The molecule has 0 radical (unpaired) electrons. The first-order valence-corrected chi connectivity index (χ1v) is 4.85. The van der Waals surface area contributed by atoms with Crippen LogP contribution in [0.25, 0.3) is 0 Å². The van der Waals surface area contributed by atoms with E-state index in [-0.39, 0.29) is 5.71 Å². The summed E-state index contributed by atoms with van der Waals surface area (Å²) in [6.45, 7) is 3.02. The highest BCUT2D eigenvalue weighted by atomic mass is 16.6. The van der Waals surface area contributed by atoms with Crippen LogP contribution in [0.3, 0.4) is 0 Å². The summed E-state index contributed by atoms with van der Waals surface area (Å²) in [5.74, 6) is -1.22. The molecule has 1 aromatic rings. The van der Waals surface area contributed by atoms with E-state index in [1.165, 1.54) is 20.9 Å². The lowest BCUT2D eigenvalue weighted by Crippen LogP contribution is -2.45. The van der Waals surface area contributed by atoms with Crippen LogP contribution < -0.4 is 5.32 Å². The maximum absolute atomic E-state index is 11.5. The van der Waals surface area contributed by atoms with Crippen LogP contribution in [-0.4, -0.2) is 43.6 Å². The molecule has 0 saturated carbocycles. The number of nitrogens with one attached hydrogen (secondary N) is 1.